The van der Waals surface area contributed by atoms with Crippen molar-refractivity contribution < 1.29 is 14.2 Å². The zero-order valence-corrected chi connectivity index (χ0v) is 18.3. The smallest absolute Gasteiger partial charge is 0.191 e. The average Bonchev–Trinajstić information content (AvgIpc) is 3.18. The molecule has 2 aliphatic heterocycles. The highest BCUT2D eigenvalue weighted by Crippen LogP contribution is 2.35. The highest BCUT2D eigenvalue weighted by molar-refractivity contribution is 5.80. The minimum absolute atomic E-state index is 0.0347. The van der Waals surface area contributed by atoms with Crippen LogP contribution in [0.15, 0.2) is 29.3 Å². The molecule has 1 atom stereocenters. The van der Waals surface area contributed by atoms with Crippen molar-refractivity contribution in [3.63, 3.8) is 0 Å². The Hall–Kier alpha value is -1.79. The predicted molar refractivity (Wildman–Crippen MR) is 117 cm³/mol. The quantitative estimate of drug-likeness (QED) is 0.515. The second-order valence-corrected chi connectivity index (χ2v) is 8.30. The van der Waals surface area contributed by atoms with Crippen LogP contribution in [0.2, 0.25) is 0 Å². The number of hydrogen-bond donors (Lipinski definition) is 2. The normalized spacial score (nSPS) is 24.3. The summed E-state index contributed by atoms with van der Waals surface area (Å²) in [5.74, 6) is 1.78. The monoisotopic (exact) mass is 403 g/mol. The van der Waals surface area contributed by atoms with E-state index in [4.69, 9.17) is 19.2 Å². The van der Waals surface area contributed by atoms with Crippen LogP contribution in [0.3, 0.4) is 0 Å². The zero-order chi connectivity index (χ0) is 20.6. The molecule has 0 spiro atoms. The number of guanidine groups is 1. The molecule has 2 fully saturated rings. The minimum atomic E-state index is -0.131. The third-order valence-corrected chi connectivity index (χ3v) is 6.04. The highest BCUT2D eigenvalue weighted by Gasteiger charge is 2.35. The van der Waals surface area contributed by atoms with Crippen molar-refractivity contribution in [2.24, 2.45) is 4.99 Å². The Bertz CT molecular complexity index is 648. The van der Waals surface area contributed by atoms with Gasteiger partial charge in [-0.3, -0.25) is 4.99 Å². The van der Waals surface area contributed by atoms with Crippen LogP contribution in [0.25, 0.3) is 0 Å². The molecule has 1 unspecified atom stereocenters. The molecule has 2 saturated heterocycles. The summed E-state index contributed by atoms with van der Waals surface area (Å²) in [6.07, 6.45) is 4.18. The molecule has 0 aliphatic carbocycles. The molecule has 2 aliphatic rings. The van der Waals surface area contributed by atoms with E-state index in [1.54, 1.807) is 0 Å². The second-order valence-electron chi connectivity index (χ2n) is 8.30. The molecule has 0 amide bonds. The molecular weight excluding hydrogens is 366 g/mol. The van der Waals surface area contributed by atoms with Gasteiger partial charge in [0, 0.05) is 38.3 Å². The van der Waals surface area contributed by atoms with Crippen LogP contribution in [0.1, 0.15) is 52.0 Å². The highest BCUT2D eigenvalue weighted by atomic mass is 16.5. The Balaban J connectivity index is 1.71. The van der Waals surface area contributed by atoms with Gasteiger partial charge in [-0.05, 0) is 64.2 Å². The molecular formula is C23H37N3O3. The number of nitrogens with zero attached hydrogens (tertiary/aromatic N) is 1. The molecule has 0 bridgehead atoms. The zero-order valence-electron chi connectivity index (χ0n) is 18.3. The second kappa shape index (κ2) is 10.3. The fourth-order valence-corrected chi connectivity index (χ4v) is 4.20. The first-order valence-corrected chi connectivity index (χ1v) is 11.1. The van der Waals surface area contributed by atoms with Crippen LogP contribution in [0.5, 0.6) is 5.75 Å². The molecule has 6 nitrogen and oxygen atoms in total. The molecule has 0 saturated carbocycles. The number of nitrogens with one attached hydrogen (secondary N) is 2. The van der Waals surface area contributed by atoms with Crippen LogP contribution in [0.4, 0.5) is 0 Å². The Morgan fingerprint density at radius 1 is 1.07 bits per heavy atom. The summed E-state index contributed by atoms with van der Waals surface area (Å²) in [5.41, 5.74) is 1.24. The molecule has 1 aromatic carbocycles. The molecule has 29 heavy (non-hydrogen) atoms. The van der Waals surface area contributed by atoms with Crippen molar-refractivity contribution in [3.8, 4) is 5.75 Å². The molecule has 3 rings (SSSR count). The number of ether oxygens (including phenoxy) is 3. The summed E-state index contributed by atoms with van der Waals surface area (Å²) in [6.45, 7) is 11.7. The van der Waals surface area contributed by atoms with E-state index < -0.39 is 0 Å². The molecule has 0 radical (unpaired) electrons. The van der Waals surface area contributed by atoms with Gasteiger partial charge in [-0.15, -0.1) is 0 Å². The van der Waals surface area contributed by atoms with Gasteiger partial charge in [-0.2, -0.15) is 0 Å². The van der Waals surface area contributed by atoms with Gasteiger partial charge in [-0.25, -0.2) is 0 Å². The average molecular weight is 404 g/mol. The van der Waals surface area contributed by atoms with Crippen molar-refractivity contribution in [1.29, 1.82) is 0 Å². The van der Waals surface area contributed by atoms with Crippen LogP contribution in [0, 0.1) is 0 Å². The van der Waals surface area contributed by atoms with Gasteiger partial charge in [0.2, 0.25) is 0 Å². The summed E-state index contributed by atoms with van der Waals surface area (Å²) < 4.78 is 17.2. The maximum Gasteiger partial charge on any atom is 0.191 e. The lowest BCUT2D eigenvalue weighted by Gasteiger charge is -2.38. The largest absolute Gasteiger partial charge is 0.494 e. The van der Waals surface area contributed by atoms with Gasteiger partial charge in [0.15, 0.2) is 5.96 Å². The Kier molecular flexibility index (Phi) is 7.78. The molecule has 2 heterocycles. The number of rotatable bonds is 8. The van der Waals surface area contributed by atoms with Crippen molar-refractivity contribution in [3.05, 3.63) is 29.8 Å². The summed E-state index contributed by atoms with van der Waals surface area (Å²) in [6, 6.07) is 8.56. The van der Waals surface area contributed by atoms with E-state index in [-0.39, 0.29) is 11.0 Å². The molecule has 6 heteroatoms. The van der Waals surface area contributed by atoms with Crippen molar-refractivity contribution >= 4 is 5.96 Å². The van der Waals surface area contributed by atoms with Crippen LogP contribution < -0.4 is 15.4 Å². The fourth-order valence-electron chi connectivity index (χ4n) is 4.20. The van der Waals surface area contributed by atoms with Crippen molar-refractivity contribution in [2.75, 3.05) is 46.1 Å². The Morgan fingerprint density at radius 2 is 1.83 bits per heavy atom. The Morgan fingerprint density at radius 3 is 2.45 bits per heavy atom. The topological polar surface area (TPSA) is 64.1 Å². The van der Waals surface area contributed by atoms with E-state index in [1.165, 1.54) is 5.56 Å². The first-order valence-electron chi connectivity index (χ1n) is 11.1. The lowest BCUT2D eigenvalue weighted by Crippen LogP contribution is -2.48. The van der Waals surface area contributed by atoms with Crippen molar-refractivity contribution in [1.82, 2.24) is 10.6 Å². The summed E-state index contributed by atoms with van der Waals surface area (Å²) >= 11 is 0. The molecule has 2 N–H and O–H groups in total. The van der Waals surface area contributed by atoms with Gasteiger partial charge in [0.05, 0.1) is 18.8 Å². The molecule has 162 valence electrons. The summed E-state index contributed by atoms with van der Waals surface area (Å²) in [7, 11) is 0. The van der Waals surface area contributed by atoms with E-state index in [9.17, 15) is 0 Å². The summed E-state index contributed by atoms with van der Waals surface area (Å²) in [5, 5.41) is 7.00. The maximum absolute atomic E-state index is 5.89. The fraction of sp³-hybridized carbons (Fsp3) is 0.696. The van der Waals surface area contributed by atoms with E-state index >= 15 is 0 Å². The third kappa shape index (κ3) is 5.86. The Labute approximate surface area is 175 Å². The lowest BCUT2D eigenvalue weighted by atomic mass is 9.74. The van der Waals surface area contributed by atoms with Crippen LogP contribution in [-0.2, 0) is 14.9 Å². The van der Waals surface area contributed by atoms with E-state index in [0.29, 0.717) is 13.2 Å². The maximum atomic E-state index is 5.89. The van der Waals surface area contributed by atoms with Gasteiger partial charge in [0.1, 0.15) is 5.75 Å². The SMILES string of the molecule is CCNC(=NCC1(C)CCCO1)NCC1(c2ccc(OCC)cc2)CCOCC1. The first kappa shape index (κ1) is 21.9. The van der Waals surface area contributed by atoms with Gasteiger partial charge in [0.25, 0.3) is 0 Å². The molecule has 1 aromatic rings. The third-order valence-electron chi connectivity index (χ3n) is 6.04. The van der Waals surface area contributed by atoms with Crippen LogP contribution in [-0.4, -0.2) is 57.6 Å². The lowest BCUT2D eigenvalue weighted by molar-refractivity contribution is 0.0283. The van der Waals surface area contributed by atoms with E-state index in [0.717, 1.165) is 70.3 Å². The number of hydrogen-bond acceptors (Lipinski definition) is 4. The first-order chi connectivity index (χ1) is 14.1. The standard InChI is InChI=1S/C23H37N3O3/c1-4-24-21(25-17-22(3)11-6-14-29-22)26-18-23(12-15-27-16-13-23)19-7-9-20(10-8-19)28-5-2/h7-10H,4-6,11-18H2,1-3H3,(H2,24,25,26). The van der Waals surface area contributed by atoms with Crippen LogP contribution >= 0.6 is 0 Å². The van der Waals surface area contributed by atoms with E-state index in [1.807, 2.05) is 6.92 Å². The predicted octanol–water partition coefficient (Wildman–Crippen LogP) is 3.26. The van der Waals surface area contributed by atoms with Crippen molar-refractivity contribution in [2.45, 2.75) is 57.5 Å². The van der Waals surface area contributed by atoms with Gasteiger partial charge >= 0.3 is 0 Å². The summed E-state index contributed by atoms with van der Waals surface area (Å²) in [4.78, 5) is 4.83. The minimum Gasteiger partial charge on any atom is -0.494 e. The van der Waals surface area contributed by atoms with Gasteiger partial charge in [-0.1, -0.05) is 12.1 Å². The van der Waals surface area contributed by atoms with Gasteiger partial charge < -0.3 is 24.8 Å². The number of aliphatic imine (C=N–C) groups is 1. The van der Waals surface area contributed by atoms with E-state index in [2.05, 4.69) is 48.7 Å². The number of benzene rings is 1. The molecule has 0 aromatic heterocycles.